The summed E-state index contributed by atoms with van der Waals surface area (Å²) in [5, 5.41) is 12.0. The van der Waals surface area contributed by atoms with Crippen molar-refractivity contribution in [3.8, 4) is 0 Å². The van der Waals surface area contributed by atoms with Crippen molar-refractivity contribution in [2.75, 3.05) is 12.3 Å². The molecule has 0 spiro atoms. The van der Waals surface area contributed by atoms with Crippen LogP contribution in [-0.2, 0) is 0 Å². The topological polar surface area (TPSA) is 125 Å². The molecular weight excluding hydrogens is 210 g/mol. The average Bonchev–Trinajstić information content (AvgIpc) is 2.24. The Morgan fingerprint density at radius 3 is 3.06 bits per heavy atom. The summed E-state index contributed by atoms with van der Waals surface area (Å²) >= 11 is 0. The summed E-state index contributed by atoms with van der Waals surface area (Å²) in [5.74, 6) is -1.16. The molecule has 1 rings (SSSR count). The van der Waals surface area contributed by atoms with Gasteiger partial charge in [-0.3, -0.25) is 0 Å². The largest absolute Gasteiger partial charge is 0.476 e. The molecule has 0 amide bonds. The standard InChI is InChI=1S/C9H9N5O2/c10-7-4-6(2-1-3-13-14-11)5-12-8(7)9(15)16/h1-2,4-5H,3,10H2,(H,15,16). The molecule has 0 radical (unpaired) electrons. The van der Waals surface area contributed by atoms with Crippen LogP contribution < -0.4 is 5.73 Å². The molecule has 0 fully saturated rings. The molecule has 0 saturated carbocycles. The van der Waals surface area contributed by atoms with Crippen molar-refractivity contribution in [3.05, 3.63) is 40.0 Å². The molecule has 0 aliphatic heterocycles. The van der Waals surface area contributed by atoms with Crippen LogP contribution in [0.4, 0.5) is 5.69 Å². The van der Waals surface area contributed by atoms with E-state index in [1.807, 2.05) is 0 Å². The molecule has 7 heteroatoms. The van der Waals surface area contributed by atoms with Gasteiger partial charge in [-0.1, -0.05) is 17.3 Å². The summed E-state index contributed by atoms with van der Waals surface area (Å²) in [7, 11) is 0. The van der Waals surface area contributed by atoms with Crippen LogP contribution in [0.15, 0.2) is 23.5 Å². The number of nitrogen functional groups attached to an aromatic ring is 1. The molecule has 0 atom stereocenters. The number of aromatic carboxylic acids is 1. The fourth-order valence-electron chi connectivity index (χ4n) is 1.04. The van der Waals surface area contributed by atoms with Crippen LogP contribution in [0.25, 0.3) is 16.5 Å². The van der Waals surface area contributed by atoms with Gasteiger partial charge in [-0.05, 0) is 17.2 Å². The van der Waals surface area contributed by atoms with E-state index in [2.05, 4.69) is 15.0 Å². The molecule has 3 N–H and O–H groups in total. The van der Waals surface area contributed by atoms with Crippen LogP contribution in [0.2, 0.25) is 0 Å². The van der Waals surface area contributed by atoms with Crippen molar-refractivity contribution < 1.29 is 9.90 Å². The number of carboxylic acid groups (broad SMARTS) is 1. The lowest BCUT2D eigenvalue weighted by Gasteiger charge is -2.00. The molecule has 0 saturated heterocycles. The van der Waals surface area contributed by atoms with Gasteiger partial charge in [0.2, 0.25) is 0 Å². The van der Waals surface area contributed by atoms with Crippen molar-refractivity contribution in [1.29, 1.82) is 0 Å². The Kier molecular flexibility index (Phi) is 3.88. The zero-order valence-electron chi connectivity index (χ0n) is 8.24. The lowest BCUT2D eigenvalue weighted by Crippen LogP contribution is -2.05. The van der Waals surface area contributed by atoms with Crippen molar-refractivity contribution in [1.82, 2.24) is 4.98 Å². The summed E-state index contributed by atoms with van der Waals surface area (Å²) in [5.41, 5.74) is 14.1. The van der Waals surface area contributed by atoms with Crippen LogP contribution in [0.5, 0.6) is 0 Å². The Balaban J connectivity index is 2.85. The van der Waals surface area contributed by atoms with E-state index in [4.69, 9.17) is 16.4 Å². The number of nitrogens with two attached hydrogens (primary N) is 1. The minimum absolute atomic E-state index is 0.0958. The highest BCUT2D eigenvalue weighted by Crippen LogP contribution is 2.12. The molecule has 1 heterocycles. The molecule has 7 nitrogen and oxygen atoms in total. The second kappa shape index (κ2) is 5.38. The molecule has 82 valence electrons. The van der Waals surface area contributed by atoms with E-state index in [0.717, 1.165) is 0 Å². The fourth-order valence-corrected chi connectivity index (χ4v) is 1.04. The van der Waals surface area contributed by atoms with E-state index in [1.54, 1.807) is 12.2 Å². The van der Waals surface area contributed by atoms with Crippen LogP contribution in [0.3, 0.4) is 0 Å². The maximum absolute atomic E-state index is 10.6. The highest BCUT2D eigenvalue weighted by Gasteiger charge is 2.08. The van der Waals surface area contributed by atoms with E-state index in [9.17, 15) is 4.79 Å². The smallest absolute Gasteiger partial charge is 0.356 e. The van der Waals surface area contributed by atoms with Crippen LogP contribution >= 0.6 is 0 Å². The first-order valence-electron chi connectivity index (χ1n) is 4.31. The summed E-state index contributed by atoms with van der Waals surface area (Å²) in [4.78, 5) is 16.9. The van der Waals surface area contributed by atoms with Crippen LogP contribution in [0.1, 0.15) is 16.1 Å². The molecule has 0 aliphatic carbocycles. The number of hydrogen-bond acceptors (Lipinski definition) is 4. The molecule has 1 aromatic rings. The van der Waals surface area contributed by atoms with Crippen molar-refractivity contribution >= 4 is 17.7 Å². The van der Waals surface area contributed by atoms with Crippen LogP contribution in [0, 0.1) is 0 Å². The Morgan fingerprint density at radius 2 is 2.50 bits per heavy atom. The predicted octanol–water partition coefficient (Wildman–Crippen LogP) is 1.69. The maximum atomic E-state index is 10.6. The van der Waals surface area contributed by atoms with Gasteiger partial charge in [-0.15, -0.1) is 0 Å². The molecule has 16 heavy (non-hydrogen) atoms. The molecule has 1 aromatic heterocycles. The van der Waals surface area contributed by atoms with E-state index < -0.39 is 5.97 Å². The minimum Gasteiger partial charge on any atom is -0.476 e. The van der Waals surface area contributed by atoms with Crippen LogP contribution in [-0.4, -0.2) is 22.6 Å². The summed E-state index contributed by atoms with van der Waals surface area (Å²) in [6, 6.07) is 1.49. The SMILES string of the molecule is [N-]=[N+]=NCC=Cc1cnc(C(=O)O)c(N)c1. The molecule has 0 aliphatic rings. The Labute approximate surface area is 90.9 Å². The number of azide groups is 1. The van der Waals surface area contributed by atoms with E-state index in [0.29, 0.717) is 5.56 Å². The molecule has 0 aromatic carbocycles. The summed E-state index contributed by atoms with van der Waals surface area (Å²) < 4.78 is 0. The summed E-state index contributed by atoms with van der Waals surface area (Å²) in [6.45, 7) is 0.219. The second-order valence-electron chi connectivity index (χ2n) is 2.83. The van der Waals surface area contributed by atoms with Gasteiger partial charge in [-0.25, -0.2) is 9.78 Å². The lowest BCUT2D eigenvalue weighted by atomic mass is 10.2. The van der Waals surface area contributed by atoms with Crippen molar-refractivity contribution in [2.24, 2.45) is 5.11 Å². The number of rotatable bonds is 4. The second-order valence-corrected chi connectivity index (χ2v) is 2.83. The highest BCUT2D eigenvalue weighted by atomic mass is 16.4. The predicted molar refractivity (Wildman–Crippen MR) is 58.7 cm³/mol. The Hall–Kier alpha value is -2.53. The monoisotopic (exact) mass is 219 g/mol. The van der Waals surface area contributed by atoms with E-state index >= 15 is 0 Å². The first-order chi connectivity index (χ1) is 7.65. The normalized spacial score (nSPS) is 10.0. The third-order valence-corrected chi connectivity index (χ3v) is 1.70. The van der Waals surface area contributed by atoms with E-state index in [1.165, 1.54) is 12.3 Å². The first kappa shape index (κ1) is 11.5. The van der Waals surface area contributed by atoms with Gasteiger partial charge in [0, 0.05) is 17.7 Å². The number of nitrogens with zero attached hydrogens (tertiary/aromatic N) is 4. The molecule has 0 bridgehead atoms. The zero-order valence-corrected chi connectivity index (χ0v) is 8.24. The Bertz CT molecular complexity index is 477. The third kappa shape index (κ3) is 3.00. The number of carboxylic acids is 1. The number of hydrogen-bond donors (Lipinski definition) is 2. The number of anilines is 1. The third-order valence-electron chi connectivity index (χ3n) is 1.70. The zero-order chi connectivity index (χ0) is 12.0. The first-order valence-corrected chi connectivity index (χ1v) is 4.31. The maximum Gasteiger partial charge on any atom is 0.356 e. The minimum atomic E-state index is -1.16. The van der Waals surface area contributed by atoms with Gasteiger partial charge in [0.1, 0.15) is 0 Å². The average molecular weight is 219 g/mol. The summed E-state index contributed by atoms with van der Waals surface area (Å²) in [6.07, 6.45) is 4.65. The van der Waals surface area contributed by atoms with Gasteiger partial charge in [0.05, 0.1) is 5.69 Å². The van der Waals surface area contributed by atoms with E-state index in [-0.39, 0.29) is 17.9 Å². The van der Waals surface area contributed by atoms with Gasteiger partial charge >= 0.3 is 5.97 Å². The Morgan fingerprint density at radius 1 is 1.75 bits per heavy atom. The fraction of sp³-hybridized carbons (Fsp3) is 0.111. The van der Waals surface area contributed by atoms with Crippen molar-refractivity contribution in [2.45, 2.75) is 0 Å². The number of pyridine rings is 1. The number of aromatic nitrogens is 1. The quantitative estimate of drug-likeness (QED) is 0.453. The molecular formula is C9H9N5O2. The van der Waals surface area contributed by atoms with Gasteiger partial charge in [-0.2, -0.15) is 0 Å². The lowest BCUT2D eigenvalue weighted by molar-refractivity contribution is 0.0692. The van der Waals surface area contributed by atoms with Gasteiger partial charge < -0.3 is 10.8 Å². The molecule has 0 unspecified atom stereocenters. The van der Waals surface area contributed by atoms with Gasteiger partial charge in [0.25, 0.3) is 0 Å². The van der Waals surface area contributed by atoms with Crippen molar-refractivity contribution in [3.63, 3.8) is 0 Å². The number of carbonyl (C=O) groups is 1. The highest BCUT2D eigenvalue weighted by molar-refractivity contribution is 5.91. The van der Waals surface area contributed by atoms with Gasteiger partial charge in [0.15, 0.2) is 5.69 Å².